The van der Waals surface area contributed by atoms with Gasteiger partial charge in [0.25, 0.3) is 11.5 Å². The molecular formula is C34H35N3O5S. The smallest absolute Gasteiger partial charge is 0.271 e. The summed E-state index contributed by atoms with van der Waals surface area (Å²) in [4.78, 5) is 34.9. The number of nitrogens with zero attached hydrogens (tertiary/aromatic N) is 3. The van der Waals surface area contributed by atoms with Crippen LogP contribution >= 0.6 is 11.3 Å². The van der Waals surface area contributed by atoms with Crippen LogP contribution < -0.4 is 29.1 Å². The van der Waals surface area contributed by atoms with Crippen molar-refractivity contribution in [3.63, 3.8) is 0 Å². The zero-order valence-corrected chi connectivity index (χ0v) is 25.8. The number of amides is 1. The second kappa shape index (κ2) is 13.1. The molecule has 3 aromatic carbocycles. The molecule has 0 fully saturated rings. The molecule has 0 radical (unpaired) electrons. The van der Waals surface area contributed by atoms with E-state index in [1.807, 2.05) is 99.6 Å². The van der Waals surface area contributed by atoms with Crippen molar-refractivity contribution >= 4 is 23.3 Å². The first-order valence-electron chi connectivity index (χ1n) is 14.2. The van der Waals surface area contributed by atoms with Crippen molar-refractivity contribution in [1.82, 2.24) is 9.47 Å². The summed E-state index contributed by atoms with van der Waals surface area (Å²) >= 11 is 1.31. The lowest BCUT2D eigenvalue weighted by Crippen LogP contribution is -2.43. The van der Waals surface area contributed by atoms with Gasteiger partial charge in [-0.25, -0.2) is 4.99 Å². The highest BCUT2D eigenvalue weighted by Crippen LogP contribution is 2.36. The normalized spacial score (nSPS) is 14.6. The van der Waals surface area contributed by atoms with Crippen LogP contribution in [0.1, 0.15) is 43.5 Å². The second-order valence-corrected chi connectivity index (χ2v) is 11.0. The van der Waals surface area contributed by atoms with E-state index in [1.165, 1.54) is 11.3 Å². The molecule has 0 saturated heterocycles. The molecule has 43 heavy (non-hydrogen) atoms. The van der Waals surface area contributed by atoms with Crippen molar-refractivity contribution in [2.45, 2.75) is 33.4 Å². The number of ether oxygens (including phenoxy) is 3. The van der Waals surface area contributed by atoms with Crippen molar-refractivity contribution in [3.8, 4) is 17.2 Å². The SMILES string of the molecule is CCN(CC)C(=O)C1=C(C)N=c2s/c(=C/c3ccc(OCc4ccc(OC)cc4)cc3)c(=O)n2[C@H]1c1ccccc1OC. The molecule has 1 amide bonds. The topological polar surface area (TPSA) is 82.4 Å². The lowest BCUT2D eigenvalue weighted by atomic mass is 9.94. The van der Waals surface area contributed by atoms with Gasteiger partial charge >= 0.3 is 0 Å². The van der Waals surface area contributed by atoms with Gasteiger partial charge in [0.2, 0.25) is 0 Å². The number of benzene rings is 3. The lowest BCUT2D eigenvalue weighted by molar-refractivity contribution is -0.127. The Morgan fingerprint density at radius 2 is 1.63 bits per heavy atom. The molecule has 1 atom stereocenters. The summed E-state index contributed by atoms with van der Waals surface area (Å²) in [6.07, 6.45) is 1.85. The van der Waals surface area contributed by atoms with Crippen molar-refractivity contribution in [3.05, 3.63) is 120 Å². The van der Waals surface area contributed by atoms with Crippen LogP contribution in [0, 0.1) is 0 Å². The minimum Gasteiger partial charge on any atom is -0.497 e. The van der Waals surface area contributed by atoms with Crippen molar-refractivity contribution < 1.29 is 19.0 Å². The molecule has 2 heterocycles. The fourth-order valence-corrected chi connectivity index (χ4v) is 6.21. The number of likely N-dealkylation sites (N-methyl/N-ethyl adjacent to an activating group) is 1. The molecule has 1 aromatic heterocycles. The standard InChI is InChI=1S/C34H35N3O5S/c1-6-36(7-2)33(39)30-22(3)35-34-37(31(30)27-10-8-9-11-28(27)41-5)32(38)29(43-34)20-23-12-18-26(19-13-23)42-21-24-14-16-25(40-4)17-15-24/h8-20,31H,6-7,21H2,1-5H3/b29-20+/t31-/m0/s1. The molecule has 1 aliphatic heterocycles. The minimum absolute atomic E-state index is 0.137. The van der Waals surface area contributed by atoms with Crippen LogP contribution in [0.15, 0.2) is 93.9 Å². The Kier molecular flexibility index (Phi) is 9.11. The molecule has 8 nitrogen and oxygen atoms in total. The molecule has 0 unspecified atom stereocenters. The number of para-hydroxylation sites is 1. The van der Waals surface area contributed by atoms with Gasteiger partial charge in [0.15, 0.2) is 4.80 Å². The predicted molar refractivity (Wildman–Crippen MR) is 168 cm³/mol. The van der Waals surface area contributed by atoms with Gasteiger partial charge in [-0.2, -0.15) is 0 Å². The molecule has 222 valence electrons. The predicted octanol–water partition coefficient (Wildman–Crippen LogP) is 4.70. The molecule has 4 aromatic rings. The van der Waals surface area contributed by atoms with Crippen molar-refractivity contribution in [2.75, 3.05) is 27.3 Å². The Balaban J connectivity index is 1.51. The monoisotopic (exact) mass is 597 g/mol. The Labute approximate surface area is 254 Å². The van der Waals surface area contributed by atoms with Crippen LogP contribution in [0.25, 0.3) is 6.08 Å². The first-order valence-corrected chi connectivity index (χ1v) is 15.0. The number of aromatic nitrogens is 1. The maximum absolute atomic E-state index is 14.0. The van der Waals surface area contributed by atoms with E-state index in [-0.39, 0.29) is 11.5 Å². The van der Waals surface area contributed by atoms with Gasteiger partial charge in [-0.05, 0) is 68.3 Å². The van der Waals surface area contributed by atoms with Crippen LogP contribution in [0.3, 0.4) is 0 Å². The van der Waals surface area contributed by atoms with E-state index in [4.69, 9.17) is 19.2 Å². The zero-order chi connectivity index (χ0) is 30.5. The Hall–Kier alpha value is -4.63. The van der Waals surface area contributed by atoms with E-state index < -0.39 is 6.04 Å². The number of hydrogen-bond acceptors (Lipinski definition) is 7. The van der Waals surface area contributed by atoms with Gasteiger partial charge in [0, 0.05) is 18.7 Å². The summed E-state index contributed by atoms with van der Waals surface area (Å²) in [6.45, 7) is 7.25. The van der Waals surface area contributed by atoms with Gasteiger partial charge in [-0.15, -0.1) is 0 Å². The van der Waals surface area contributed by atoms with Crippen LogP contribution in [0.4, 0.5) is 0 Å². The summed E-state index contributed by atoms with van der Waals surface area (Å²) in [7, 11) is 3.23. The highest BCUT2D eigenvalue weighted by Gasteiger charge is 2.35. The number of allylic oxidation sites excluding steroid dienone is 1. The van der Waals surface area contributed by atoms with Crippen LogP contribution in [-0.4, -0.2) is 42.7 Å². The third kappa shape index (κ3) is 6.12. The van der Waals surface area contributed by atoms with E-state index in [9.17, 15) is 9.59 Å². The first kappa shape index (κ1) is 29.8. The number of thiazole rings is 1. The van der Waals surface area contributed by atoms with E-state index in [0.717, 1.165) is 28.2 Å². The maximum atomic E-state index is 14.0. The molecule has 1 aliphatic rings. The highest BCUT2D eigenvalue weighted by atomic mass is 32.1. The van der Waals surface area contributed by atoms with E-state index >= 15 is 0 Å². The van der Waals surface area contributed by atoms with Gasteiger partial charge in [-0.3, -0.25) is 14.2 Å². The number of carbonyl (C=O) groups is 1. The summed E-state index contributed by atoms with van der Waals surface area (Å²) < 4.78 is 19.0. The summed E-state index contributed by atoms with van der Waals surface area (Å²) in [5.74, 6) is 1.99. The molecule has 0 aliphatic carbocycles. The zero-order valence-electron chi connectivity index (χ0n) is 25.0. The Morgan fingerprint density at radius 3 is 2.28 bits per heavy atom. The molecule has 5 rings (SSSR count). The van der Waals surface area contributed by atoms with Crippen molar-refractivity contribution in [2.24, 2.45) is 4.99 Å². The molecule has 0 N–H and O–H groups in total. The largest absolute Gasteiger partial charge is 0.497 e. The summed E-state index contributed by atoms with van der Waals surface area (Å²) in [5.41, 5.74) is 3.48. The highest BCUT2D eigenvalue weighted by molar-refractivity contribution is 7.07. The Morgan fingerprint density at radius 1 is 0.953 bits per heavy atom. The molecular weight excluding hydrogens is 562 g/mol. The van der Waals surface area contributed by atoms with Gasteiger partial charge in [0.05, 0.1) is 30.0 Å². The number of rotatable bonds is 10. The quantitative estimate of drug-likeness (QED) is 0.265. The average molecular weight is 598 g/mol. The maximum Gasteiger partial charge on any atom is 0.271 e. The Bertz CT molecular complexity index is 1820. The second-order valence-electron chi connectivity index (χ2n) is 10.0. The molecule has 0 bridgehead atoms. The van der Waals surface area contributed by atoms with Crippen LogP contribution in [-0.2, 0) is 11.4 Å². The average Bonchev–Trinajstić information content (AvgIpc) is 3.34. The van der Waals surface area contributed by atoms with E-state index in [2.05, 4.69) is 0 Å². The summed E-state index contributed by atoms with van der Waals surface area (Å²) in [5, 5.41) is 0. The third-order valence-corrected chi connectivity index (χ3v) is 8.46. The summed E-state index contributed by atoms with van der Waals surface area (Å²) in [6, 6.07) is 22.2. The number of methoxy groups -OCH3 is 2. The number of hydrogen-bond donors (Lipinski definition) is 0. The lowest BCUT2D eigenvalue weighted by Gasteiger charge is -2.29. The van der Waals surface area contributed by atoms with Gasteiger partial charge < -0.3 is 19.1 Å². The first-order chi connectivity index (χ1) is 20.9. The fourth-order valence-electron chi connectivity index (χ4n) is 5.16. The number of carbonyl (C=O) groups excluding carboxylic acids is 1. The van der Waals surface area contributed by atoms with Gasteiger partial charge in [0.1, 0.15) is 29.9 Å². The minimum atomic E-state index is -0.670. The number of fused-ring (bicyclic) bond motifs is 1. The third-order valence-electron chi connectivity index (χ3n) is 7.48. The van der Waals surface area contributed by atoms with E-state index in [1.54, 1.807) is 23.7 Å². The van der Waals surface area contributed by atoms with Gasteiger partial charge in [-0.1, -0.05) is 53.8 Å². The van der Waals surface area contributed by atoms with Crippen LogP contribution in [0.5, 0.6) is 17.2 Å². The fraction of sp³-hybridized carbons (Fsp3) is 0.265. The molecule has 0 spiro atoms. The van der Waals surface area contributed by atoms with E-state index in [0.29, 0.717) is 46.0 Å². The molecule has 0 saturated carbocycles. The van der Waals surface area contributed by atoms with Crippen LogP contribution in [0.2, 0.25) is 0 Å². The molecule has 9 heteroatoms. The van der Waals surface area contributed by atoms with Crippen molar-refractivity contribution in [1.29, 1.82) is 0 Å².